The molecule has 0 fully saturated rings. The Labute approximate surface area is 99.2 Å². The molecule has 2 atom stereocenters. The van der Waals surface area contributed by atoms with Crippen molar-refractivity contribution in [1.82, 2.24) is 5.32 Å². The first-order valence-corrected chi connectivity index (χ1v) is 4.63. The zero-order valence-corrected chi connectivity index (χ0v) is 9.47. The molecule has 0 aliphatic rings. The van der Waals surface area contributed by atoms with E-state index in [2.05, 4.69) is 9.47 Å². The Morgan fingerprint density at radius 3 is 2.12 bits per heavy atom. The Morgan fingerprint density at radius 1 is 1.24 bits per heavy atom. The summed E-state index contributed by atoms with van der Waals surface area (Å²) >= 11 is 0. The molecule has 2 unspecified atom stereocenters. The normalized spacial score (nSPS) is 13.1. The van der Waals surface area contributed by atoms with E-state index < -0.39 is 29.7 Å². The maximum absolute atomic E-state index is 11.4. The molecule has 0 aromatic heterocycles. The van der Waals surface area contributed by atoms with Crippen LogP contribution in [0.5, 0.6) is 0 Å². The van der Waals surface area contributed by atoms with Gasteiger partial charge in [0, 0.05) is 6.42 Å². The summed E-state index contributed by atoms with van der Waals surface area (Å²) in [5.74, 6) is -3.89. The van der Waals surface area contributed by atoms with E-state index in [1.54, 1.807) is 0 Å². The molecule has 17 heavy (non-hydrogen) atoms. The van der Waals surface area contributed by atoms with E-state index in [4.69, 9.17) is 7.85 Å². The zero-order chi connectivity index (χ0) is 13.4. The molecule has 0 heterocycles. The number of hydrogen-bond acceptors (Lipinski definition) is 6. The van der Waals surface area contributed by atoms with Crippen molar-refractivity contribution in [3.05, 3.63) is 0 Å². The van der Waals surface area contributed by atoms with Crippen molar-refractivity contribution in [1.29, 1.82) is 0 Å². The van der Waals surface area contributed by atoms with Crippen LogP contribution in [0.3, 0.4) is 0 Å². The number of esters is 2. The van der Waals surface area contributed by atoms with E-state index >= 15 is 0 Å². The SMILES string of the molecule is [B]C(=O)NC(C(=O)OC)C(CC=O)C(=O)OC. The Bertz CT molecular complexity index is 319. The lowest BCUT2D eigenvalue weighted by atomic mass is 9.95. The van der Waals surface area contributed by atoms with Crippen LogP contribution in [0.4, 0.5) is 4.79 Å². The molecule has 0 aromatic carbocycles. The minimum atomic E-state index is -1.35. The van der Waals surface area contributed by atoms with Crippen molar-refractivity contribution in [2.45, 2.75) is 12.5 Å². The average Bonchev–Trinajstić information content (AvgIpc) is 2.31. The highest BCUT2D eigenvalue weighted by Gasteiger charge is 2.35. The fraction of sp³-hybridized carbons (Fsp3) is 0.556. The van der Waals surface area contributed by atoms with Crippen molar-refractivity contribution in [3.8, 4) is 0 Å². The van der Waals surface area contributed by atoms with Crippen LogP contribution < -0.4 is 5.32 Å². The lowest BCUT2D eigenvalue weighted by molar-refractivity contribution is -0.154. The summed E-state index contributed by atoms with van der Waals surface area (Å²) in [6, 6.07) is -1.35. The lowest BCUT2D eigenvalue weighted by Crippen LogP contribution is -2.49. The summed E-state index contributed by atoms with van der Waals surface area (Å²) in [4.78, 5) is 43.9. The minimum absolute atomic E-state index is 0.299. The second kappa shape index (κ2) is 7.42. The molecular formula is C9H12BNO6. The van der Waals surface area contributed by atoms with E-state index in [-0.39, 0.29) is 6.42 Å². The maximum Gasteiger partial charge on any atom is 0.329 e. The fourth-order valence-corrected chi connectivity index (χ4v) is 1.23. The van der Waals surface area contributed by atoms with Crippen LogP contribution in [0.25, 0.3) is 0 Å². The molecule has 7 nitrogen and oxygen atoms in total. The summed E-state index contributed by atoms with van der Waals surface area (Å²) in [5.41, 5.74) is 0. The van der Waals surface area contributed by atoms with Crippen molar-refractivity contribution in [2.24, 2.45) is 5.92 Å². The van der Waals surface area contributed by atoms with Gasteiger partial charge in [-0.25, -0.2) is 4.79 Å². The molecule has 0 aromatic rings. The van der Waals surface area contributed by atoms with Crippen molar-refractivity contribution in [2.75, 3.05) is 14.2 Å². The standard InChI is InChI=1S/C9H12BNO6/c1-16-7(13)5(3-4-12)6(8(14)17-2)11-9(10)15/h4-6H,3H2,1-2H3,(H,11,15). The molecule has 8 heteroatoms. The van der Waals surface area contributed by atoms with Gasteiger partial charge in [-0.05, 0) is 0 Å². The van der Waals surface area contributed by atoms with Gasteiger partial charge in [0.25, 0.3) is 0 Å². The highest BCUT2D eigenvalue weighted by Crippen LogP contribution is 2.11. The molecule has 0 rings (SSSR count). The number of amides is 1. The molecule has 0 saturated heterocycles. The third-order valence-corrected chi connectivity index (χ3v) is 2.01. The van der Waals surface area contributed by atoms with E-state index in [0.29, 0.717) is 6.29 Å². The topological polar surface area (TPSA) is 98.8 Å². The van der Waals surface area contributed by atoms with E-state index in [1.165, 1.54) is 0 Å². The second-order valence-corrected chi connectivity index (χ2v) is 3.04. The number of hydrogen-bond donors (Lipinski definition) is 1. The van der Waals surface area contributed by atoms with Crippen LogP contribution in [0.15, 0.2) is 0 Å². The Kier molecular flexibility index (Phi) is 6.61. The number of nitrogens with one attached hydrogen (secondary N) is 1. The molecule has 0 spiro atoms. The predicted molar refractivity (Wildman–Crippen MR) is 56.3 cm³/mol. The number of rotatable bonds is 6. The zero-order valence-electron chi connectivity index (χ0n) is 9.47. The first-order valence-electron chi connectivity index (χ1n) is 4.63. The first kappa shape index (κ1) is 15.1. The third-order valence-electron chi connectivity index (χ3n) is 2.01. The van der Waals surface area contributed by atoms with Gasteiger partial charge in [-0.1, -0.05) is 0 Å². The van der Waals surface area contributed by atoms with Gasteiger partial charge in [-0.15, -0.1) is 0 Å². The summed E-state index contributed by atoms with van der Waals surface area (Å²) < 4.78 is 8.83. The van der Waals surface area contributed by atoms with Gasteiger partial charge in [-0.3, -0.25) is 9.59 Å². The van der Waals surface area contributed by atoms with Crippen LogP contribution in [0.2, 0.25) is 0 Å². The monoisotopic (exact) mass is 241 g/mol. The molecular weight excluding hydrogens is 229 g/mol. The van der Waals surface area contributed by atoms with Gasteiger partial charge in [-0.2, -0.15) is 0 Å². The number of methoxy groups -OCH3 is 2. The third kappa shape index (κ3) is 4.67. The van der Waals surface area contributed by atoms with Crippen LogP contribution in [0, 0.1) is 5.92 Å². The van der Waals surface area contributed by atoms with Crippen LogP contribution in [0.1, 0.15) is 6.42 Å². The second-order valence-electron chi connectivity index (χ2n) is 3.04. The number of carbonyl (C=O) groups excluding carboxylic acids is 4. The summed E-state index contributed by atoms with van der Waals surface area (Å²) in [6.45, 7) is 0. The van der Waals surface area contributed by atoms with Gasteiger partial charge in [0.2, 0.25) is 7.85 Å². The van der Waals surface area contributed by atoms with Gasteiger partial charge in [0.05, 0.1) is 20.1 Å². The number of ether oxygens (including phenoxy) is 2. The Balaban J connectivity index is 5.04. The molecule has 0 aliphatic carbocycles. The smallest absolute Gasteiger partial charge is 0.329 e. The highest BCUT2D eigenvalue weighted by atomic mass is 16.5. The molecule has 1 amide bonds. The molecule has 0 bridgehead atoms. The van der Waals surface area contributed by atoms with Gasteiger partial charge in [0.15, 0.2) is 5.81 Å². The Morgan fingerprint density at radius 2 is 1.76 bits per heavy atom. The van der Waals surface area contributed by atoms with Crippen molar-refractivity contribution in [3.63, 3.8) is 0 Å². The average molecular weight is 241 g/mol. The van der Waals surface area contributed by atoms with Crippen molar-refractivity contribution < 1.29 is 28.7 Å². The van der Waals surface area contributed by atoms with Crippen molar-refractivity contribution >= 4 is 31.9 Å². The summed E-state index contributed by atoms with van der Waals surface area (Å²) in [7, 11) is 7.04. The van der Waals surface area contributed by atoms with Crippen LogP contribution >= 0.6 is 0 Å². The highest BCUT2D eigenvalue weighted by molar-refractivity contribution is 6.57. The Hall–Kier alpha value is -1.86. The summed E-state index contributed by atoms with van der Waals surface area (Å²) in [6.07, 6.45) is 0.132. The number of carbonyl (C=O) groups is 4. The van der Waals surface area contributed by atoms with Gasteiger partial charge in [0.1, 0.15) is 12.3 Å². The molecule has 0 aliphatic heterocycles. The largest absolute Gasteiger partial charge is 0.469 e. The number of aldehydes is 1. The molecule has 2 radical (unpaired) electrons. The lowest BCUT2D eigenvalue weighted by Gasteiger charge is -2.22. The van der Waals surface area contributed by atoms with E-state index in [0.717, 1.165) is 14.2 Å². The molecule has 1 N–H and O–H groups in total. The first-order chi connectivity index (χ1) is 7.97. The maximum atomic E-state index is 11.4. The van der Waals surface area contributed by atoms with E-state index in [9.17, 15) is 19.2 Å². The van der Waals surface area contributed by atoms with E-state index in [1.807, 2.05) is 5.32 Å². The fourth-order valence-electron chi connectivity index (χ4n) is 1.23. The van der Waals surface area contributed by atoms with Gasteiger partial charge < -0.3 is 19.6 Å². The molecule has 0 saturated carbocycles. The predicted octanol–water partition coefficient (Wildman–Crippen LogP) is -1.22. The quantitative estimate of drug-likeness (QED) is 0.355. The van der Waals surface area contributed by atoms with Crippen LogP contribution in [-0.2, 0) is 23.9 Å². The minimum Gasteiger partial charge on any atom is -0.469 e. The van der Waals surface area contributed by atoms with Gasteiger partial charge >= 0.3 is 11.9 Å². The molecule has 92 valence electrons. The summed E-state index contributed by atoms with van der Waals surface area (Å²) in [5, 5.41) is 2.04. The van der Waals surface area contributed by atoms with Crippen LogP contribution in [-0.4, -0.2) is 52.1 Å².